The lowest BCUT2D eigenvalue weighted by Gasteiger charge is -2.07. The number of aromatic amines is 1. The Bertz CT molecular complexity index is 538. The van der Waals surface area contributed by atoms with Crippen molar-refractivity contribution in [2.24, 2.45) is 0 Å². The first-order valence-electron chi connectivity index (χ1n) is 6.98. The predicted molar refractivity (Wildman–Crippen MR) is 87.5 cm³/mol. The van der Waals surface area contributed by atoms with Crippen molar-refractivity contribution in [1.29, 1.82) is 0 Å². The number of H-pyrrole nitrogens is 1. The summed E-state index contributed by atoms with van der Waals surface area (Å²) < 4.78 is 10.4. The first-order chi connectivity index (χ1) is 10.2. The Balaban J connectivity index is 0.00000242. The zero-order chi connectivity index (χ0) is 15.1. The Morgan fingerprint density at radius 3 is 2.59 bits per heavy atom. The van der Waals surface area contributed by atoms with Gasteiger partial charge in [-0.3, -0.25) is 5.10 Å². The van der Waals surface area contributed by atoms with Crippen molar-refractivity contribution >= 4 is 12.4 Å². The van der Waals surface area contributed by atoms with Gasteiger partial charge in [0.05, 0.1) is 12.3 Å². The molecular formula is C15H23ClN4O2. The summed E-state index contributed by atoms with van der Waals surface area (Å²) in [5.41, 5.74) is 4.50. The average molecular weight is 327 g/mol. The highest BCUT2D eigenvalue weighted by molar-refractivity contribution is 5.85. The SMILES string of the molecule is COCCOc1ccc(CNCc2c(C)n[nH]c2C)cn1.Cl. The van der Waals surface area contributed by atoms with Crippen LogP contribution in [0.15, 0.2) is 18.3 Å². The molecule has 0 fully saturated rings. The fraction of sp³-hybridized carbons (Fsp3) is 0.467. The van der Waals surface area contributed by atoms with Gasteiger partial charge in [0.1, 0.15) is 6.61 Å². The number of pyridine rings is 1. The number of rotatable bonds is 8. The Labute approximate surface area is 137 Å². The fourth-order valence-corrected chi connectivity index (χ4v) is 2.00. The fourth-order valence-electron chi connectivity index (χ4n) is 2.00. The Kier molecular flexibility index (Phi) is 7.87. The third kappa shape index (κ3) is 5.29. The standard InChI is InChI=1S/C15H22N4O2.ClH/c1-11-14(12(2)19-18-11)10-16-8-13-4-5-15(17-9-13)21-7-6-20-3;/h4-5,9,16H,6-8,10H2,1-3H3,(H,18,19);1H. The lowest BCUT2D eigenvalue weighted by molar-refractivity contribution is 0.143. The van der Waals surface area contributed by atoms with Gasteiger partial charge >= 0.3 is 0 Å². The monoisotopic (exact) mass is 326 g/mol. The van der Waals surface area contributed by atoms with Crippen molar-refractivity contribution in [3.8, 4) is 5.88 Å². The molecule has 0 aromatic carbocycles. The highest BCUT2D eigenvalue weighted by Crippen LogP contribution is 2.10. The van der Waals surface area contributed by atoms with Gasteiger partial charge in [0.25, 0.3) is 0 Å². The van der Waals surface area contributed by atoms with Crippen LogP contribution in [0.4, 0.5) is 0 Å². The molecule has 22 heavy (non-hydrogen) atoms. The maximum atomic E-state index is 5.43. The first kappa shape index (κ1) is 18.4. The Morgan fingerprint density at radius 2 is 2.00 bits per heavy atom. The molecule has 0 radical (unpaired) electrons. The van der Waals surface area contributed by atoms with Crippen LogP contribution in [0.25, 0.3) is 0 Å². The number of hydrogen-bond acceptors (Lipinski definition) is 5. The quantitative estimate of drug-likeness (QED) is 0.727. The zero-order valence-corrected chi connectivity index (χ0v) is 14.0. The lowest BCUT2D eigenvalue weighted by Crippen LogP contribution is -2.14. The topological polar surface area (TPSA) is 72.1 Å². The van der Waals surface area contributed by atoms with E-state index in [2.05, 4.69) is 20.5 Å². The van der Waals surface area contributed by atoms with Crippen LogP contribution >= 0.6 is 12.4 Å². The minimum atomic E-state index is 0. The van der Waals surface area contributed by atoms with Crippen molar-refractivity contribution in [2.75, 3.05) is 20.3 Å². The number of aromatic nitrogens is 3. The number of methoxy groups -OCH3 is 1. The van der Waals surface area contributed by atoms with Crippen LogP contribution in [-0.4, -0.2) is 35.5 Å². The van der Waals surface area contributed by atoms with Crippen molar-refractivity contribution in [1.82, 2.24) is 20.5 Å². The van der Waals surface area contributed by atoms with Gasteiger partial charge < -0.3 is 14.8 Å². The first-order valence-corrected chi connectivity index (χ1v) is 6.98. The molecule has 0 bridgehead atoms. The molecule has 122 valence electrons. The van der Waals surface area contributed by atoms with Gasteiger partial charge in [0.2, 0.25) is 5.88 Å². The van der Waals surface area contributed by atoms with Crippen LogP contribution in [0.1, 0.15) is 22.5 Å². The molecule has 0 aliphatic carbocycles. The van der Waals surface area contributed by atoms with Gasteiger partial charge in [-0.1, -0.05) is 6.07 Å². The maximum absolute atomic E-state index is 5.43. The summed E-state index contributed by atoms with van der Waals surface area (Å²) in [6, 6.07) is 3.89. The Morgan fingerprint density at radius 1 is 1.18 bits per heavy atom. The number of aryl methyl sites for hydroxylation is 2. The van der Waals surface area contributed by atoms with E-state index in [-0.39, 0.29) is 12.4 Å². The summed E-state index contributed by atoms with van der Waals surface area (Å²) >= 11 is 0. The van der Waals surface area contributed by atoms with Gasteiger partial charge in [0.15, 0.2) is 0 Å². The van der Waals surface area contributed by atoms with E-state index in [4.69, 9.17) is 9.47 Å². The molecule has 2 aromatic heterocycles. The molecule has 0 atom stereocenters. The molecule has 6 nitrogen and oxygen atoms in total. The van der Waals surface area contributed by atoms with Gasteiger partial charge in [-0.15, -0.1) is 12.4 Å². The van der Waals surface area contributed by atoms with E-state index in [1.165, 1.54) is 5.56 Å². The maximum Gasteiger partial charge on any atom is 0.213 e. The van der Waals surface area contributed by atoms with Crippen LogP contribution in [0, 0.1) is 13.8 Å². The molecule has 0 unspecified atom stereocenters. The van der Waals surface area contributed by atoms with E-state index >= 15 is 0 Å². The molecule has 0 saturated carbocycles. The van der Waals surface area contributed by atoms with Crippen LogP contribution in [0.3, 0.4) is 0 Å². The van der Waals surface area contributed by atoms with Crippen molar-refractivity contribution < 1.29 is 9.47 Å². The van der Waals surface area contributed by atoms with Crippen molar-refractivity contribution in [3.05, 3.63) is 40.8 Å². The van der Waals surface area contributed by atoms with Crippen LogP contribution in [0.5, 0.6) is 5.88 Å². The minimum Gasteiger partial charge on any atom is -0.475 e. The number of halogens is 1. The van der Waals surface area contributed by atoms with E-state index < -0.39 is 0 Å². The second-order valence-electron chi connectivity index (χ2n) is 4.86. The second kappa shape index (κ2) is 9.40. The number of nitrogens with one attached hydrogen (secondary N) is 2. The lowest BCUT2D eigenvalue weighted by atomic mass is 10.2. The summed E-state index contributed by atoms with van der Waals surface area (Å²) in [6.45, 7) is 6.67. The zero-order valence-electron chi connectivity index (χ0n) is 13.2. The third-order valence-electron chi connectivity index (χ3n) is 3.25. The molecule has 0 saturated heterocycles. The smallest absolute Gasteiger partial charge is 0.213 e. The highest BCUT2D eigenvalue weighted by Gasteiger charge is 2.05. The van der Waals surface area contributed by atoms with Gasteiger partial charge in [-0.05, 0) is 19.4 Å². The van der Waals surface area contributed by atoms with E-state index in [1.54, 1.807) is 7.11 Å². The molecule has 0 spiro atoms. The second-order valence-corrected chi connectivity index (χ2v) is 4.86. The summed E-state index contributed by atoms with van der Waals surface area (Å²) in [7, 11) is 1.65. The Hall–Kier alpha value is -1.63. The van der Waals surface area contributed by atoms with E-state index in [1.807, 2.05) is 32.2 Å². The molecule has 7 heteroatoms. The van der Waals surface area contributed by atoms with E-state index in [0.29, 0.717) is 19.1 Å². The van der Waals surface area contributed by atoms with Crippen molar-refractivity contribution in [2.45, 2.75) is 26.9 Å². The normalized spacial score (nSPS) is 10.3. The highest BCUT2D eigenvalue weighted by atomic mass is 35.5. The number of nitrogens with zero attached hydrogens (tertiary/aromatic N) is 2. The number of hydrogen-bond donors (Lipinski definition) is 2. The summed E-state index contributed by atoms with van der Waals surface area (Å²) in [6.07, 6.45) is 1.82. The molecular weight excluding hydrogens is 304 g/mol. The largest absolute Gasteiger partial charge is 0.475 e. The van der Waals surface area contributed by atoms with Crippen LogP contribution in [-0.2, 0) is 17.8 Å². The molecule has 2 heterocycles. The third-order valence-corrected chi connectivity index (χ3v) is 3.25. The molecule has 0 amide bonds. The molecule has 2 rings (SSSR count). The molecule has 0 aliphatic rings. The van der Waals surface area contributed by atoms with Crippen LogP contribution in [0.2, 0.25) is 0 Å². The number of ether oxygens (including phenoxy) is 2. The predicted octanol–water partition coefficient (Wildman–Crippen LogP) is 2.16. The van der Waals surface area contributed by atoms with E-state index in [0.717, 1.165) is 30.0 Å². The minimum absolute atomic E-state index is 0. The van der Waals surface area contributed by atoms with Gasteiger partial charge in [-0.25, -0.2) is 4.98 Å². The summed E-state index contributed by atoms with van der Waals surface area (Å²) in [5.74, 6) is 0.623. The molecule has 0 aliphatic heterocycles. The molecule has 2 aromatic rings. The summed E-state index contributed by atoms with van der Waals surface area (Å²) in [4.78, 5) is 4.26. The van der Waals surface area contributed by atoms with Gasteiger partial charge in [-0.2, -0.15) is 5.10 Å². The van der Waals surface area contributed by atoms with E-state index in [9.17, 15) is 0 Å². The average Bonchev–Trinajstić information content (AvgIpc) is 2.81. The summed E-state index contributed by atoms with van der Waals surface area (Å²) in [5, 5.41) is 10.6. The molecule has 2 N–H and O–H groups in total. The van der Waals surface area contributed by atoms with Crippen LogP contribution < -0.4 is 10.1 Å². The van der Waals surface area contributed by atoms with Gasteiger partial charge in [0, 0.05) is 43.7 Å². The van der Waals surface area contributed by atoms with Crippen molar-refractivity contribution in [3.63, 3.8) is 0 Å².